The van der Waals surface area contributed by atoms with Gasteiger partial charge in [0.25, 0.3) is 11.6 Å². The van der Waals surface area contributed by atoms with Crippen LogP contribution in [0.3, 0.4) is 0 Å². The van der Waals surface area contributed by atoms with E-state index < -0.39 is 57.5 Å². The van der Waals surface area contributed by atoms with Crippen LogP contribution >= 0.6 is 0 Å². The number of hydrogen-bond donors (Lipinski definition) is 1. The normalized spacial score (nSPS) is 25.1. The van der Waals surface area contributed by atoms with Crippen LogP contribution in [0.2, 0.25) is 0 Å². The molecular weight excluding hydrogens is 441 g/mol. The molecule has 2 rings (SSSR count). The van der Waals surface area contributed by atoms with Gasteiger partial charge in [0.1, 0.15) is 0 Å². The molecule has 1 aromatic carbocycles. The Balaban J connectivity index is 2.60. The molecule has 16 heteroatoms. The van der Waals surface area contributed by atoms with E-state index in [1.165, 1.54) is 0 Å². The fraction of sp³-hybridized carbons (Fsp3) is 0.462. The average Bonchev–Trinajstić information content (AvgIpc) is 2.59. The van der Waals surface area contributed by atoms with E-state index in [2.05, 4.69) is 0 Å². The van der Waals surface area contributed by atoms with Crippen LogP contribution in [-0.2, 0) is 4.79 Å². The molecule has 0 aromatic heterocycles. The average molecular weight is 446 g/mol. The standard InChI is InChI=1S/C13H5F11N2O3/c14-8(7(27)25-5-1-3-6(4-2-5)26(28)29)9(15,16)11(19,20)13(23,24)12(21,22)10(8,17)18/h1-4H,(H,25,27). The molecule has 1 N–H and O–H groups in total. The van der Waals surface area contributed by atoms with Crippen molar-refractivity contribution >= 4 is 17.3 Å². The second kappa shape index (κ2) is 5.91. The van der Waals surface area contributed by atoms with Crippen LogP contribution in [-0.4, -0.2) is 46.1 Å². The van der Waals surface area contributed by atoms with Crippen LogP contribution in [0.4, 0.5) is 59.7 Å². The predicted octanol–water partition coefficient (Wildman–Crippen LogP) is 4.43. The number of benzene rings is 1. The van der Waals surface area contributed by atoms with Crippen molar-refractivity contribution in [3.8, 4) is 0 Å². The minimum absolute atomic E-state index is 0.420. The van der Waals surface area contributed by atoms with Gasteiger partial charge in [-0.3, -0.25) is 14.9 Å². The molecule has 0 atom stereocenters. The van der Waals surface area contributed by atoms with Gasteiger partial charge in [-0.25, -0.2) is 4.39 Å². The monoisotopic (exact) mass is 446 g/mol. The Morgan fingerprint density at radius 1 is 0.724 bits per heavy atom. The largest absolute Gasteiger partial charge is 0.384 e. The van der Waals surface area contributed by atoms with Gasteiger partial charge in [0.15, 0.2) is 0 Å². The summed E-state index contributed by atoms with van der Waals surface area (Å²) in [6, 6.07) is 1.86. The lowest BCUT2D eigenvalue weighted by Crippen LogP contribution is -2.86. The van der Waals surface area contributed by atoms with E-state index in [9.17, 15) is 63.2 Å². The van der Waals surface area contributed by atoms with Crippen molar-refractivity contribution in [2.75, 3.05) is 5.32 Å². The summed E-state index contributed by atoms with van der Waals surface area (Å²) in [5.41, 5.74) is -8.56. The zero-order valence-electron chi connectivity index (χ0n) is 13.1. The van der Waals surface area contributed by atoms with Crippen LogP contribution < -0.4 is 5.32 Å². The maximum atomic E-state index is 14.4. The lowest BCUT2D eigenvalue weighted by molar-refractivity contribution is -0.475. The molecule has 1 aliphatic carbocycles. The molecule has 0 saturated heterocycles. The second-order valence-electron chi connectivity index (χ2n) is 5.79. The number of carbonyl (C=O) groups excluding carboxylic acids is 1. The number of anilines is 1. The zero-order valence-corrected chi connectivity index (χ0v) is 13.1. The number of carbonyl (C=O) groups is 1. The third kappa shape index (κ3) is 2.43. The van der Waals surface area contributed by atoms with Crippen molar-refractivity contribution in [1.29, 1.82) is 0 Å². The van der Waals surface area contributed by atoms with Gasteiger partial charge in [-0.05, 0) is 12.1 Å². The van der Waals surface area contributed by atoms with Crippen LogP contribution in [0.5, 0.6) is 0 Å². The van der Waals surface area contributed by atoms with Crippen LogP contribution in [0, 0.1) is 10.1 Å². The Morgan fingerprint density at radius 2 is 1.07 bits per heavy atom. The van der Waals surface area contributed by atoms with Gasteiger partial charge in [-0.2, -0.15) is 43.9 Å². The van der Waals surface area contributed by atoms with Gasteiger partial charge >= 0.3 is 35.3 Å². The Kier molecular flexibility index (Phi) is 4.61. The quantitative estimate of drug-likeness (QED) is 0.424. The Morgan fingerprint density at radius 3 is 1.41 bits per heavy atom. The van der Waals surface area contributed by atoms with Gasteiger partial charge in [0, 0.05) is 17.8 Å². The maximum absolute atomic E-state index is 14.4. The van der Waals surface area contributed by atoms with Gasteiger partial charge in [-0.15, -0.1) is 0 Å². The molecule has 29 heavy (non-hydrogen) atoms. The van der Waals surface area contributed by atoms with Crippen molar-refractivity contribution in [2.45, 2.75) is 35.3 Å². The van der Waals surface area contributed by atoms with E-state index in [4.69, 9.17) is 0 Å². The number of rotatable bonds is 3. The number of hydrogen-bond acceptors (Lipinski definition) is 3. The highest BCUT2D eigenvalue weighted by molar-refractivity contribution is 5.99. The van der Waals surface area contributed by atoms with E-state index in [0.29, 0.717) is 24.3 Å². The number of amides is 1. The van der Waals surface area contributed by atoms with E-state index in [0.717, 1.165) is 5.32 Å². The lowest BCUT2D eigenvalue weighted by Gasteiger charge is -2.51. The number of halogens is 11. The molecule has 0 bridgehead atoms. The minimum Gasteiger partial charge on any atom is -0.323 e. The SMILES string of the molecule is O=C(Nc1ccc([N+](=O)[O-])cc1)C1(F)C(F)(F)C(F)(F)C(F)(F)C(F)(F)C1(F)F. The van der Waals surface area contributed by atoms with Crippen molar-refractivity contribution in [3.63, 3.8) is 0 Å². The molecule has 5 nitrogen and oxygen atoms in total. The van der Waals surface area contributed by atoms with Crippen molar-refractivity contribution in [3.05, 3.63) is 34.4 Å². The Labute approximate surface area is 151 Å². The molecule has 1 aromatic rings. The highest BCUT2D eigenvalue weighted by atomic mass is 19.4. The smallest absolute Gasteiger partial charge is 0.323 e. The number of nitrogens with zero attached hydrogens (tertiary/aromatic N) is 1. The van der Waals surface area contributed by atoms with Crippen molar-refractivity contribution in [2.24, 2.45) is 0 Å². The first-order chi connectivity index (χ1) is 12.8. The van der Waals surface area contributed by atoms with Crippen molar-refractivity contribution < 1.29 is 58.0 Å². The van der Waals surface area contributed by atoms with Gasteiger partial charge < -0.3 is 5.32 Å². The van der Waals surface area contributed by atoms with E-state index >= 15 is 0 Å². The molecule has 0 heterocycles. The topological polar surface area (TPSA) is 72.2 Å². The summed E-state index contributed by atoms with van der Waals surface area (Å²) in [6.07, 6.45) is 0. The first kappa shape index (κ1) is 22.6. The molecule has 1 amide bonds. The molecule has 1 saturated carbocycles. The molecule has 0 radical (unpaired) electrons. The second-order valence-corrected chi connectivity index (χ2v) is 5.79. The zero-order chi connectivity index (χ0) is 22.8. The van der Waals surface area contributed by atoms with Gasteiger partial charge in [-0.1, -0.05) is 0 Å². The molecule has 0 spiro atoms. The number of alkyl halides is 11. The summed E-state index contributed by atoms with van der Waals surface area (Å²) >= 11 is 0. The minimum atomic E-state index is -7.43. The highest BCUT2D eigenvalue weighted by Gasteiger charge is 3.02. The predicted molar refractivity (Wildman–Crippen MR) is 70.3 cm³/mol. The Hall–Kier alpha value is -2.68. The molecule has 1 aliphatic rings. The maximum Gasteiger partial charge on any atom is 0.384 e. The summed E-state index contributed by atoms with van der Waals surface area (Å²) in [6.45, 7) is 0. The van der Waals surface area contributed by atoms with E-state index in [1.807, 2.05) is 0 Å². The highest BCUT2D eigenvalue weighted by Crippen LogP contribution is 2.69. The third-order valence-corrected chi connectivity index (χ3v) is 4.09. The number of nitro groups is 1. The van der Waals surface area contributed by atoms with Crippen LogP contribution in [0.15, 0.2) is 24.3 Å². The Bertz CT molecular complexity index is 824. The lowest BCUT2D eigenvalue weighted by atomic mass is 9.71. The number of non-ortho nitro benzene ring substituents is 1. The summed E-state index contributed by atoms with van der Waals surface area (Å²) in [5, 5.41) is 11.3. The van der Waals surface area contributed by atoms with E-state index in [-0.39, 0.29) is 0 Å². The number of nitrogens with one attached hydrogen (secondary N) is 1. The molecular formula is C13H5F11N2O3. The summed E-state index contributed by atoms with van der Waals surface area (Å²) in [7, 11) is 0. The third-order valence-electron chi connectivity index (χ3n) is 4.09. The molecule has 1 fully saturated rings. The van der Waals surface area contributed by atoms with Gasteiger partial charge in [0.05, 0.1) is 4.92 Å². The van der Waals surface area contributed by atoms with Crippen LogP contribution in [0.25, 0.3) is 0 Å². The van der Waals surface area contributed by atoms with Gasteiger partial charge in [0.2, 0.25) is 0 Å². The fourth-order valence-electron chi connectivity index (χ4n) is 2.39. The summed E-state index contributed by atoms with van der Waals surface area (Å²) in [4.78, 5) is 21.0. The first-order valence-corrected chi connectivity index (χ1v) is 6.94. The molecule has 0 aliphatic heterocycles. The first-order valence-electron chi connectivity index (χ1n) is 6.94. The summed E-state index contributed by atoms with van der Waals surface area (Å²) < 4.78 is 149. The number of nitro benzene ring substituents is 1. The molecule has 162 valence electrons. The van der Waals surface area contributed by atoms with Crippen LogP contribution in [0.1, 0.15) is 0 Å². The fourth-order valence-corrected chi connectivity index (χ4v) is 2.39. The van der Waals surface area contributed by atoms with E-state index in [1.54, 1.807) is 0 Å². The van der Waals surface area contributed by atoms with Crippen molar-refractivity contribution in [1.82, 2.24) is 0 Å². The summed E-state index contributed by atoms with van der Waals surface area (Å²) in [5.74, 6) is -40.4. The molecule has 0 unspecified atom stereocenters.